The largest absolute Gasteiger partial charge is 0.335 e. The molecule has 0 atom stereocenters. The van der Waals surface area contributed by atoms with E-state index in [0.717, 1.165) is 0 Å². The summed E-state index contributed by atoms with van der Waals surface area (Å²) in [5.41, 5.74) is 1.30. The number of hydrogen-bond acceptors (Lipinski definition) is 3. The number of pyridine rings is 1. The Morgan fingerprint density at radius 2 is 1.64 bits per heavy atom. The zero-order valence-electron chi connectivity index (χ0n) is 16.3. The number of rotatable bonds is 3. The first-order valence-corrected chi connectivity index (χ1v) is 9.70. The average molecular weight is 358 g/mol. The highest BCUT2D eigenvalue weighted by molar-refractivity contribution is 7.10. The summed E-state index contributed by atoms with van der Waals surface area (Å²) < 4.78 is 2.06. The molecule has 4 heteroatoms. The number of thiophene rings is 1. The molecule has 3 rings (SSSR count). The van der Waals surface area contributed by atoms with Crippen molar-refractivity contribution >= 4 is 11.3 Å². The first-order valence-electron chi connectivity index (χ1n) is 8.82. The third-order valence-corrected chi connectivity index (χ3v) is 4.76. The zero-order valence-corrected chi connectivity index (χ0v) is 17.1. The third-order valence-electron chi connectivity index (χ3n) is 3.58. The van der Waals surface area contributed by atoms with Crippen LogP contribution in [-0.4, -0.2) is 14.5 Å². The number of imidazole rings is 1. The zero-order chi connectivity index (χ0) is 18.7. The van der Waals surface area contributed by atoms with Crippen molar-refractivity contribution in [1.29, 1.82) is 0 Å². The van der Waals surface area contributed by atoms with Gasteiger partial charge in [0.25, 0.3) is 0 Å². The highest BCUT2D eigenvalue weighted by atomic mass is 32.1. The van der Waals surface area contributed by atoms with E-state index in [1.807, 2.05) is 36.1 Å². The number of aromatic nitrogens is 3. The van der Waals surface area contributed by atoms with E-state index in [2.05, 4.69) is 79.7 Å². The molecule has 3 aromatic heterocycles. The molecule has 3 aromatic rings. The molecule has 0 aliphatic heterocycles. The lowest BCUT2D eigenvalue weighted by Gasteiger charge is -2.02. The first-order chi connectivity index (χ1) is 11.9. The molecular weight excluding hydrogens is 326 g/mol. The van der Waals surface area contributed by atoms with Crippen molar-refractivity contribution in [2.45, 2.75) is 59.4 Å². The Morgan fingerprint density at radius 3 is 1.92 bits per heavy atom. The Labute approximate surface area is 156 Å². The van der Waals surface area contributed by atoms with Crippen LogP contribution in [0.3, 0.4) is 0 Å². The molecule has 0 spiro atoms. The number of hydrogen-bond donors (Lipinski definition) is 0. The Balaban J connectivity index is 0.000000188. The van der Waals surface area contributed by atoms with Crippen LogP contribution in [0.1, 0.15) is 69.9 Å². The second-order valence-electron chi connectivity index (χ2n) is 6.71. The van der Waals surface area contributed by atoms with Crippen LogP contribution in [-0.2, 0) is 0 Å². The minimum absolute atomic E-state index is 0.539. The van der Waals surface area contributed by atoms with E-state index in [1.165, 1.54) is 10.4 Å². The van der Waals surface area contributed by atoms with Gasteiger partial charge in [-0.15, -0.1) is 11.3 Å². The van der Waals surface area contributed by atoms with Crippen LogP contribution in [0, 0.1) is 0 Å². The predicted molar refractivity (Wildman–Crippen MR) is 109 cm³/mol. The van der Waals surface area contributed by atoms with Crippen molar-refractivity contribution in [3.63, 3.8) is 0 Å². The van der Waals surface area contributed by atoms with Crippen molar-refractivity contribution in [3.05, 3.63) is 71.2 Å². The lowest BCUT2D eigenvalue weighted by molar-refractivity contribution is 0.600. The minimum atomic E-state index is 0.539. The van der Waals surface area contributed by atoms with Crippen molar-refractivity contribution in [1.82, 2.24) is 14.5 Å². The normalized spacial score (nSPS) is 10.3. The van der Waals surface area contributed by atoms with E-state index in [1.54, 1.807) is 12.4 Å². The molecule has 0 aromatic carbocycles. The Bertz CT molecular complexity index is 604. The van der Waals surface area contributed by atoms with Gasteiger partial charge in [0.15, 0.2) is 0 Å². The van der Waals surface area contributed by atoms with Gasteiger partial charge in [-0.1, -0.05) is 39.8 Å². The van der Waals surface area contributed by atoms with E-state index in [9.17, 15) is 0 Å². The van der Waals surface area contributed by atoms with Crippen molar-refractivity contribution in [3.8, 4) is 0 Å². The Hall–Kier alpha value is -1.94. The molecule has 0 aliphatic carbocycles. The second kappa shape index (κ2) is 11.6. The molecule has 0 radical (unpaired) electrons. The molecule has 0 saturated heterocycles. The lowest BCUT2D eigenvalue weighted by Crippen LogP contribution is -1.95. The van der Waals surface area contributed by atoms with E-state index in [0.29, 0.717) is 17.9 Å². The summed E-state index contributed by atoms with van der Waals surface area (Å²) in [7, 11) is 0. The summed E-state index contributed by atoms with van der Waals surface area (Å²) in [6.07, 6.45) is 9.28. The Morgan fingerprint density at radius 1 is 0.880 bits per heavy atom. The van der Waals surface area contributed by atoms with Crippen LogP contribution >= 0.6 is 11.3 Å². The second-order valence-corrected chi connectivity index (χ2v) is 7.69. The van der Waals surface area contributed by atoms with Crippen LogP contribution in [0.2, 0.25) is 0 Å². The van der Waals surface area contributed by atoms with E-state index in [-0.39, 0.29) is 0 Å². The van der Waals surface area contributed by atoms with Gasteiger partial charge in [0, 0.05) is 35.7 Å². The maximum Gasteiger partial charge on any atom is 0.0948 e. The van der Waals surface area contributed by atoms with Gasteiger partial charge in [-0.05, 0) is 48.8 Å². The van der Waals surface area contributed by atoms with E-state index < -0.39 is 0 Å². The molecule has 0 amide bonds. The topological polar surface area (TPSA) is 30.7 Å². The summed E-state index contributed by atoms with van der Waals surface area (Å²) >= 11 is 1.83. The summed E-state index contributed by atoms with van der Waals surface area (Å²) in [6.45, 7) is 13.0. The van der Waals surface area contributed by atoms with Crippen molar-refractivity contribution in [2.75, 3.05) is 0 Å². The summed E-state index contributed by atoms with van der Waals surface area (Å²) in [6, 6.07) is 8.88. The quantitative estimate of drug-likeness (QED) is 0.533. The van der Waals surface area contributed by atoms with Gasteiger partial charge in [-0.3, -0.25) is 4.98 Å². The molecule has 0 bridgehead atoms. The molecule has 0 unspecified atom stereocenters. The molecular formula is C21H31N3S. The SMILES string of the molecule is CC(C)c1cccnc1.CC(C)c1cccs1.CC(C)n1ccnc1. The van der Waals surface area contributed by atoms with Gasteiger partial charge in [-0.25, -0.2) is 4.98 Å². The van der Waals surface area contributed by atoms with Gasteiger partial charge < -0.3 is 4.57 Å². The molecule has 0 saturated carbocycles. The molecule has 136 valence electrons. The third kappa shape index (κ3) is 8.64. The van der Waals surface area contributed by atoms with Crippen molar-refractivity contribution < 1.29 is 0 Å². The molecule has 3 heterocycles. The van der Waals surface area contributed by atoms with Crippen LogP contribution in [0.15, 0.2) is 60.8 Å². The Kier molecular flexibility index (Phi) is 9.78. The maximum absolute atomic E-state index is 4.01. The predicted octanol–water partition coefficient (Wildman–Crippen LogP) is 6.54. The van der Waals surface area contributed by atoms with E-state index >= 15 is 0 Å². The lowest BCUT2D eigenvalue weighted by atomic mass is 10.1. The van der Waals surface area contributed by atoms with Gasteiger partial charge >= 0.3 is 0 Å². The molecule has 25 heavy (non-hydrogen) atoms. The maximum atomic E-state index is 4.01. The fraction of sp³-hybridized carbons (Fsp3) is 0.429. The molecule has 0 fully saturated rings. The van der Waals surface area contributed by atoms with Crippen LogP contribution in [0.25, 0.3) is 0 Å². The average Bonchev–Trinajstić information content (AvgIpc) is 3.30. The summed E-state index contributed by atoms with van der Waals surface area (Å²) in [5, 5.41) is 2.12. The van der Waals surface area contributed by atoms with Crippen LogP contribution < -0.4 is 0 Å². The first kappa shape index (κ1) is 21.1. The summed E-state index contributed by atoms with van der Waals surface area (Å²) in [4.78, 5) is 9.39. The molecule has 0 N–H and O–H groups in total. The smallest absolute Gasteiger partial charge is 0.0948 e. The van der Waals surface area contributed by atoms with Gasteiger partial charge in [-0.2, -0.15) is 0 Å². The van der Waals surface area contributed by atoms with Crippen molar-refractivity contribution in [2.24, 2.45) is 0 Å². The van der Waals surface area contributed by atoms with Gasteiger partial charge in [0.1, 0.15) is 0 Å². The van der Waals surface area contributed by atoms with Gasteiger partial charge in [0.2, 0.25) is 0 Å². The van der Waals surface area contributed by atoms with Crippen LogP contribution in [0.4, 0.5) is 0 Å². The number of nitrogens with zero attached hydrogens (tertiary/aromatic N) is 3. The summed E-state index contributed by atoms with van der Waals surface area (Å²) in [5.74, 6) is 1.30. The van der Waals surface area contributed by atoms with E-state index in [4.69, 9.17) is 0 Å². The molecule has 0 aliphatic rings. The van der Waals surface area contributed by atoms with Gasteiger partial charge in [0.05, 0.1) is 6.33 Å². The fourth-order valence-electron chi connectivity index (χ4n) is 1.91. The highest BCUT2D eigenvalue weighted by Gasteiger charge is 1.96. The molecule has 3 nitrogen and oxygen atoms in total. The fourth-order valence-corrected chi connectivity index (χ4v) is 2.66. The monoisotopic (exact) mass is 357 g/mol. The van der Waals surface area contributed by atoms with Crippen LogP contribution in [0.5, 0.6) is 0 Å². The minimum Gasteiger partial charge on any atom is -0.335 e. The standard InChI is InChI=1S/C8H11N.C7H10S.C6H10N2/c1-7(2)8-4-3-5-9-6-8;1-6(2)7-4-3-5-8-7;1-6(2)8-4-3-7-5-8/h3-7H,1-2H3;2*3-6H,1-2H3. The highest BCUT2D eigenvalue weighted by Crippen LogP contribution is 2.18.